The smallest absolute Gasteiger partial charge is 0.178 e. The highest BCUT2D eigenvalue weighted by Gasteiger charge is 2.51. The van der Waals surface area contributed by atoms with Crippen LogP contribution >= 0.6 is 0 Å². The molecule has 5 aromatic heterocycles. The normalized spacial score (nSPS) is 22.8. The van der Waals surface area contributed by atoms with E-state index in [9.17, 15) is 58.1 Å². The Morgan fingerprint density at radius 1 is 0.374 bits per heavy atom. The monoisotopic (exact) mass is 1820 g/mol. The van der Waals surface area contributed by atoms with Crippen molar-refractivity contribution >= 4 is 64.8 Å². The number of nitrogens with zero attached hydrogens (tertiary/aromatic N) is 9. The molecule has 0 spiro atoms. The van der Waals surface area contributed by atoms with Gasteiger partial charge in [-0.2, -0.15) is 20.4 Å². The lowest BCUT2D eigenvalue weighted by Gasteiger charge is -2.38. The fraction of sp³-hybridized carbons (Fsp3) is 0.343. The third-order valence-corrected chi connectivity index (χ3v) is 34.9. The van der Waals surface area contributed by atoms with Crippen molar-refractivity contribution in [2.45, 2.75) is 176 Å². The standard InChI is InChI=1S/2C27H29FN2O3S.C26H27FN2O3S.C25H23FN4/c2*1-27-17-19-18-29-30(23-11-9-22(28)10-12-23)26(19)16-21(27)8-7-20(27)15-24(31)13-14-34(32,33)25-5-3-2-4-6-25;1-26-16-18-17-28-29(21-10-8-20(27)9-11-21)24(18)15-19(26)7-12-23(26)25(30)13-14-33(31,32)22-5-3-2-4-6-22;1-25-14-16-15-27-30(20-10-8-19(26)9-11-20)23(16)12-17(25)6-7-18(25)13-24-28-21-4-2-3-5-22(21)29-24/h2*2-6,9-12,16,18,20,24,31H,7-8,13-15,17H2,1H3;2-6,8-11,15,17,23,25,30H,7,12-14,16H2,1H3;2-5,8-12,15,18H,6-7,13-14H2,1H3,(H,28,29)/t20-,24+,27-;20-,24-,27-;23-,25+,26+;18-,25+/m1111/s1. The molecule has 13 aromatic rings. The molecule has 5 heterocycles. The molecular formula is C105H108F4N10O9S3. The molecule has 4 N–H and O–H groups in total. The highest BCUT2D eigenvalue weighted by molar-refractivity contribution is 7.92. The van der Waals surface area contributed by atoms with E-state index in [0.717, 1.165) is 156 Å². The second-order valence-corrected chi connectivity index (χ2v) is 44.0. The summed E-state index contributed by atoms with van der Waals surface area (Å²) >= 11 is 0. The van der Waals surface area contributed by atoms with E-state index in [-0.39, 0.29) is 99.2 Å². The highest BCUT2D eigenvalue weighted by Crippen LogP contribution is 2.59. The molecule has 26 heteroatoms. The number of aliphatic hydroxyl groups excluding tert-OH is 3. The average Bonchev–Trinajstić information content (AvgIpc) is 1.63. The third kappa shape index (κ3) is 18.4. The number of hydrogen-bond acceptors (Lipinski definition) is 14. The minimum Gasteiger partial charge on any atom is -0.393 e. The Bertz CT molecular complexity index is 6620. The van der Waals surface area contributed by atoms with E-state index in [1.54, 1.807) is 140 Å². The van der Waals surface area contributed by atoms with Crippen molar-refractivity contribution in [2.24, 2.45) is 45.3 Å². The maximum Gasteiger partial charge on any atom is 0.178 e. The summed E-state index contributed by atoms with van der Waals surface area (Å²) in [5, 5.41) is 50.9. The van der Waals surface area contributed by atoms with Crippen LogP contribution in [0.5, 0.6) is 0 Å². The summed E-state index contributed by atoms with van der Waals surface area (Å²) in [5.41, 5.74) is 19.5. The highest BCUT2D eigenvalue weighted by atomic mass is 32.2. The molecule has 4 saturated carbocycles. The molecule has 0 amide bonds. The molecule has 0 bridgehead atoms. The fourth-order valence-electron chi connectivity index (χ4n) is 22.1. The summed E-state index contributed by atoms with van der Waals surface area (Å²) in [6.45, 7) is 9.07. The Hall–Kier alpha value is -11.5. The molecule has 0 saturated heterocycles. The van der Waals surface area contributed by atoms with Crippen LogP contribution in [-0.4, -0.2) is 125 Å². The number of hydrogen-bond donors (Lipinski definition) is 4. The van der Waals surface area contributed by atoms with Gasteiger partial charge < -0.3 is 20.3 Å². The number of para-hydroxylation sites is 2. The Labute approximate surface area is 762 Å². The number of aliphatic hydroxyl groups is 3. The lowest BCUT2D eigenvalue weighted by molar-refractivity contribution is 0.0540. The summed E-state index contributed by atoms with van der Waals surface area (Å²) < 4.78 is 137. The Kier molecular flexibility index (Phi) is 25.1. The lowest BCUT2D eigenvalue weighted by Crippen LogP contribution is -2.37. The number of aromatic nitrogens is 10. The van der Waals surface area contributed by atoms with Crippen molar-refractivity contribution in [2.75, 3.05) is 17.3 Å². The maximum absolute atomic E-state index is 13.4. The molecule has 8 aromatic carbocycles. The van der Waals surface area contributed by atoms with Gasteiger partial charge in [-0.15, -0.1) is 0 Å². The van der Waals surface area contributed by atoms with Crippen molar-refractivity contribution in [3.8, 4) is 22.7 Å². The van der Waals surface area contributed by atoms with Crippen LogP contribution in [0.4, 0.5) is 17.6 Å². The zero-order valence-corrected chi connectivity index (χ0v) is 76.2. The first-order chi connectivity index (χ1) is 62.9. The van der Waals surface area contributed by atoms with E-state index >= 15 is 0 Å². The van der Waals surface area contributed by atoms with Gasteiger partial charge in [0.05, 0.1) is 132 Å². The molecule has 11 atom stereocenters. The molecule has 0 unspecified atom stereocenters. The number of allylic oxidation sites excluding steroid dienone is 4. The number of halogens is 4. The van der Waals surface area contributed by atoms with Gasteiger partial charge in [-0.3, -0.25) is 0 Å². The van der Waals surface area contributed by atoms with Crippen molar-refractivity contribution in [3.63, 3.8) is 0 Å². The topological polar surface area (TPSA) is 263 Å². The molecule has 8 aliphatic carbocycles. The lowest BCUT2D eigenvalue weighted by atomic mass is 9.68. The van der Waals surface area contributed by atoms with Crippen LogP contribution in [0.15, 0.2) is 274 Å². The molecular weight excluding hydrogens is 1720 g/mol. The van der Waals surface area contributed by atoms with Gasteiger partial charge in [-0.05, 0) is 347 Å². The minimum atomic E-state index is -3.43. The van der Waals surface area contributed by atoms with Crippen LogP contribution < -0.4 is 0 Å². The van der Waals surface area contributed by atoms with Gasteiger partial charge in [-0.25, -0.2) is 66.5 Å². The molecule has 4 fully saturated rings. The zero-order valence-electron chi connectivity index (χ0n) is 73.8. The maximum atomic E-state index is 13.4. The molecule has 0 aliphatic heterocycles. The van der Waals surface area contributed by atoms with E-state index in [2.05, 4.69) is 89.5 Å². The van der Waals surface area contributed by atoms with Gasteiger partial charge in [0.15, 0.2) is 29.5 Å². The number of aromatic amines is 1. The van der Waals surface area contributed by atoms with Gasteiger partial charge in [0.25, 0.3) is 0 Å². The van der Waals surface area contributed by atoms with Gasteiger partial charge >= 0.3 is 0 Å². The molecule has 19 nitrogen and oxygen atoms in total. The summed E-state index contributed by atoms with van der Waals surface area (Å²) in [6, 6.07) is 59.0. The van der Waals surface area contributed by atoms with Crippen molar-refractivity contribution in [1.29, 1.82) is 0 Å². The predicted octanol–water partition coefficient (Wildman–Crippen LogP) is 20.0. The zero-order chi connectivity index (χ0) is 91.4. The second-order valence-electron chi connectivity index (χ2n) is 37.7. The number of imidazole rings is 1. The number of rotatable bonds is 23. The molecule has 131 heavy (non-hydrogen) atoms. The van der Waals surface area contributed by atoms with Crippen LogP contribution in [-0.2, 0) is 61.6 Å². The largest absolute Gasteiger partial charge is 0.393 e. The summed E-state index contributed by atoms with van der Waals surface area (Å²) in [4.78, 5) is 9.23. The van der Waals surface area contributed by atoms with Crippen LogP contribution in [0.1, 0.15) is 162 Å². The quantitative estimate of drug-likeness (QED) is 0.0434. The van der Waals surface area contributed by atoms with Crippen LogP contribution in [0.25, 0.3) is 58.1 Å². The predicted molar refractivity (Wildman–Crippen MR) is 501 cm³/mol. The minimum absolute atomic E-state index is 0.0166. The van der Waals surface area contributed by atoms with E-state index in [4.69, 9.17) is 4.98 Å². The van der Waals surface area contributed by atoms with Crippen LogP contribution in [0.3, 0.4) is 0 Å². The third-order valence-electron chi connectivity index (χ3n) is 29.7. The van der Waals surface area contributed by atoms with E-state index in [0.29, 0.717) is 33.4 Å². The van der Waals surface area contributed by atoms with Gasteiger partial charge in [0.1, 0.15) is 29.1 Å². The first-order valence-corrected chi connectivity index (χ1v) is 50.3. The molecule has 8 aliphatic rings. The van der Waals surface area contributed by atoms with Crippen LogP contribution in [0.2, 0.25) is 0 Å². The first-order valence-electron chi connectivity index (χ1n) is 45.4. The van der Waals surface area contributed by atoms with Crippen molar-refractivity contribution in [1.82, 2.24) is 49.1 Å². The van der Waals surface area contributed by atoms with Gasteiger partial charge in [0.2, 0.25) is 0 Å². The number of benzene rings is 8. The second kappa shape index (κ2) is 36.6. The van der Waals surface area contributed by atoms with Crippen molar-refractivity contribution in [3.05, 3.63) is 334 Å². The Morgan fingerprint density at radius 3 is 1.02 bits per heavy atom. The van der Waals surface area contributed by atoms with E-state index in [1.165, 1.54) is 82.8 Å². The summed E-state index contributed by atoms with van der Waals surface area (Å²) in [6.07, 6.45) is 28.5. The number of H-pyrrole nitrogens is 1. The summed E-state index contributed by atoms with van der Waals surface area (Å²) in [5.74, 6) is 0.914. The molecule has 21 rings (SSSR count). The van der Waals surface area contributed by atoms with Gasteiger partial charge in [0, 0.05) is 6.42 Å². The first kappa shape index (κ1) is 90.0. The Balaban J connectivity index is 0.000000117. The van der Waals surface area contributed by atoms with Crippen molar-refractivity contribution < 1.29 is 58.1 Å². The van der Waals surface area contributed by atoms with Gasteiger partial charge in [-0.1, -0.05) is 117 Å². The molecule has 678 valence electrons. The summed E-state index contributed by atoms with van der Waals surface area (Å²) in [7, 11) is -10.2. The van der Waals surface area contributed by atoms with E-state index in [1.807, 2.05) is 55.6 Å². The number of fused-ring (bicyclic) bond motifs is 9. The van der Waals surface area contributed by atoms with E-state index < -0.39 is 47.8 Å². The molecule has 0 radical (unpaired) electrons. The van der Waals surface area contributed by atoms with Crippen LogP contribution in [0, 0.1) is 68.6 Å². The SMILES string of the molecule is C[C@]12Cc3cnn(-c4ccc(F)cc4)c3C=C1CC[C@@H]2C[C@@H](O)CCS(=O)(=O)c1ccccc1.C[C@]12Cc3cnn(-c4ccc(F)cc4)c3C=C1CC[C@@H]2C[C@H](O)CCS(=O)(=O)c1ccccc1.C[C@]12Cc3cnn(-c4ccc(F)cc4)c3C=C1CC[C@@H]2Cc1nc2ccccc2[nH]1.C[C@]12Cc3cnn(-c4ccc(F)cc4)c3C=C1CC[C@@H]2[C@@H](O)CCS(=O)(=O)c1ccccc1. The fourth-order valence-corrected chi connectivity index (χ4v) is 26.2. The number of nitrogens with one attached hydrogen (secondary N) is 1. The Morgan fingerprint density at radius 2 is 0.672 bits per heavy atom. The number of sulfone groups is 3. The average molecular weight is 1830 g/mol.